The molecular weight excluding hydrogens is 456 g/mol. The van der Waals surface area contributed by atoms with Crippen LogP contribution in [0.15, 0.2) is 17.0 Å². The van der Waals surface area contributed by atoms with E-state index < -0.39 is 10.0 Å². The van der Waals surface area contributed by atoms with Crippen molar-refractivity contribution >= 4 is 27.5 Å². The second kappa shape index (κ2) is 10.6. The van der Waals surface area contributed by atoms with Crippen LogP contribution in [0.1, 0.15) is 44.6 Å². The van der Waals surface area contributed by atoms with Gasteiger partial charge in [-0.2, -0.15) is 4.31 Å². The number of piperidine rings is 2. The van der Waals surface area contributed by atoms with Gasteiger partial charge in [-0.1, -0.05) is 6.92 Å². The number of rotatable bonds is 7. The van der Waals surface area contributed by atoms with Crippen molar-refractivity contribution in [2.45, 2.75) is 50.8 Å². The molecule has 1 unspecified atom stereocenters. The summed E-state index contributed by atoms with van der Waals surface area (Å²) >= 11 is 0. The van der Waals surface area contributed by atoms with Crippen LogP contribution in [0.5, 0.6) is 5.75 Å². The number of benzene rings is 1. The largest absolute Gasteiger partial charge is 0.482 e. The number of likely N-dealkylation sites (tertiary alicyclic amines) is 1. The summed E-state index contributed by atoms with van der Waals surface area (Å²) in [6, 6.07) is 3.12. The Morgan fingerprint density at radius 2 is 1.97 bits per heavy atom. The minimum atomic E-state index is -3.72. The number of aryl methyl sites for hydroxylation is 1. The van der Waals surface area contributed by atoms with Gasteiger partial charge >= 0.3 is 0 Å². The molecule has 2 amide bonds. The lowest BCUT2D eigenvalue weighted by atomic mass is 9.97. The van der Waals surface area contributed by atoms with Crippen LogP contribution < -0.4 is 15.4 Å². The molecule has 0 saturated carbocycles. The minimum absolute atomic E-state index is 0.0261. The molecule has 1 aromatic rings. The molecule has 0 radical (unpaired) electrons. The van der Waals surface area contributed by atoms with E-state index in [1.165, 1.54) is 23.2 Å². The zero-order valence-electron chi connectivity index (χ0n) is 20.1. The zero-order valence-corrected chi connectivity index (χ0v) is 21.0. The van der Waals surface area contributed by atoms with Gasteiger partial charge < -0.3 is 20.3 Å². The Kier molecular flexibility index (Phi) is 7.79. The van der Waals surface area contributed by atoms with Gasteiger partial charge in [0.1, 0.15) is 5.75 Å². The van der Waals surface area contributed by atoms with Gasteiger partial charge in [0.15, 0.2) is 6.61 Å². The standard InChI is InChI=1S/C24H36N4O5S/c1-17-5-3-9-27(15-17)10-4-8-25-24(30)19-6-11-28(12-7-19)34(31,32)22-14-21-20(13-18(22)2)26-23(29)16-33-21/h13-14,17,19H,3-12,15-16H2,1-2H3,(H,25,30)(H,26,29). The number of ether oxygens (including phenoxy) is 1. The predicted molar refractivity (Wildman–Crippen MR) is 129 cm³/mol. The monoisotopic (exact) mass is 492 g/mol. The fraction of sp³-hybridized carbons (Fsp3) is 0.667. The molecule has 10 heteroatoms. The fourth-order valence-electron chi connectivity index (χ4n) is 5.14. The Hall–Kier alpha value is -2.17. The zero-order chi connectivity index (χ0) is 24.3. The van der Waals surface area contributed by atoms with Crippen molar-refractivity contribution in [1.82, 2.24) is 14.5 Å². The number of hydrogen-bond acceptors (Lipinski definition) is 6. The van der Waals surface area contributed by atoms with E-state index in [2.05, 4.69) is 22.5 Å². The normalized spacial score (nSPS) is 22.5. The summed E-state index contributed by atoms with van der Waals surface area (Å²) in [4.78, 5) is 26.8. The number of hydrogen-bond donors (Lipinski definition) is 2. The van der Waals surface area contributed by atoms with Crippen molar-refractivity contribution in [1.29, 1.82) is 0 Å². The fourth-order valence-corrected chi connectivity index (χ4v) is 6.83. The Morgan fingerprint density at radius 3 is 2.71 bits per heavy atom. The van der Waals surface area contributed by atoms with Crippen LogP contribution in [-0.2, 0) is 19.6 Å². The van der Waals surface area contributed by atoms with Gasteiger partial charge in [0, 0.05) is 38.2 Å². The molecule has 4 rings (SSSR count). The van der Waals surface area contributed by atoms with Crippen LogP contribution >= 0.6 is 0 Å². The Bertz CT molecular complexity index is 1020. The highest BCUT2D eigenvalue weighted by atomic mass is 32.2. The molecule has 1 atom stereocenters. The molecule has 0 bridgehead atoms. The summed E-state index contributed by atoms with van der Waals surface area (Å²) in [6.45, 7) is 8.44. The first-order chi connectivity index (χ1) is 16.2. The van der Waals surface area contributed by atoms with E-state index in [1.807, 2.05) is 0 Å². The summed E-state index contributed by atoms with van der Waals surface area (Å²) < 4.78 is 33.4. The van der Waals surface area contributed by atoms with E-state index in [0.29, 0.717) is 49.5 Å². The molecule has 2 N–H and O–H groups in total. The highest BCUT2D eigenvalue weighted by Crippen LogP contribution is 2.35. The number of carbonyl (C=O) groups excluding carboxylic acids is 2. The maximum atomic E-state index is 13.3. The van der Waals surface area contributed by atoms with E-state index in [-0.39, 0.29) is 29.2 Å². The van der Waals surface area contributed by atoms with Crippen molar-refractivity contribution in [2.24, 2.45) is 11.8 Å². The summed E-state index contributed by atoms with van der Waals surface area (Å²) in [5.41, 5.74) is 1.03. The van der Waals surface area contributed by atoms with Crippen LogP contribution in [0.3, 0.4) is 0 Å². The van der Waals surface area contributed by atoms with E-state index in [9.17, 15) is 18.0 Å². The summed E-state index contributed by atoms with van der Waals surface area (Å²) in [7, 11) is -3.72. The topological polar surface area (TPSA) is 108 Å². The molecule has 2 saturated heterocycles. The van der Waals surface area contributed by atoms with Gasteiger partial charge in [-0.3, -0.25) is 9.59 Å². The smallest absolute Gasteiger partial charge is 0.262 e. The average Bonchev–Trinajstić information content (AvgIpc) is 2.81. The van der Waals surface area contributed by atoms with Gasteiger partial charge in [0.2, 0.25) is 15.9 Å². The number of nitrogens with one attached hydrogen (secondary N) is 2. The summed E-state index contributed by atoms with van der Waals surface area (Å²) in [5.74, 6) is 0.715. The van der Waals surface area contributed by atoms with E-state index in [1.54, 1.807) is 13.0 Å². The maximum Gasteiger partial charge on any atom is 0.262 e. The third kappa shape index (κ3) is 5.72. The Balaban J connectivity index is 1.27. The van der Waals surface area contributed by atoms with Gasteiger partial charge in [0.05, 0.1) is 10.6 Å². The van der Waals surface area contributed by atoms with Gasteiger partial charge in [0.25, 0.3) is 5.91 Å². The third-order valence-electron chi connectivity index (χ3n) is 7.04. The van der Waals surface area contributed by atoms with Crippen LogP contribution in [-0.4, -0.2) is 75.3 Å². The number of nitrogens with zero attached hydrogens (tertiary/aromatic N) is 2. The van der Waals surface area contributed by atoms with Crippen LogP contribution in [0, 0.1) is 18.8 Å². The number of carbonyl (C=O) groups is 2. The van der Waals surface area contributed by atoms with Crippen molar-refractivity contribution in [2.75, 3.05) is 51.2 Å². The van der Waals surface area contributed by atoms with Gasteiger partial charge in [-0.05, 0) is 69.7 Å². The average molecular weight is 493 g/mol. The summed E-state index contributed by atoms with van der Waals surface area (Å²) in [5, 5.41) is 5.75. The molecule has 0 aromatic heterocycles. The number of anilines is 1. The highest BCUT2D eigenvalue weighted by molar-refractivity contribution is 7.89. The minimum Gasteiger partial charge on any atom is -0.482 e. The molecular formula is C24H36N4O5S. The third-order valence-corrected chi connectivity index (χ3v) is 9.08. The molecule has 2 fully saturated rings. The molecule has 9 nitrogen and oxygen atoms in total. The molecule has 188 valence electrons. The second-order valence-electron chi connectivity index (χ2n) is 9.82. The Morgan fingerprint density at radius 1 is 1.21 bits per heavy atom. The molecule has 0 aliphatic carbocycles. The van der Waals surface area contributed by atoms with E-state index >= 15 is 0 Å². The van der Waals surface area contributed by atoms with Crippen molar-refractivity contribution in [3.8, 4) is 5.75 Å². The highest BCUT2D eigenvalue weighted by Gasteiger charge is 2.34. The lowest BCUT2D eigenvalue weighted by Gasteiger charge is -2.32. The van der Waals surface area contributed by atoms with Crippen molar-refractivity contribution in [3.63, 3.8) is 0 Å². The van der Waals surface area contributed by atoms with Crippen molar-refractivity contribution in [3.05, 3.63) is 17.7 Å². The lowest BCUT2D eigenvalue weighted by Crippen LogP contribution is -2.43. The lowest BCUT2D eigenvalue weighted by molar-refractivity contribution is -0.126. The maximum absolute atomic E-state index is 13.3. The molecule has 3 heterocycles. The van der Waals surface area contributed by atoms with Crippen LogP contribution in [0.2, 0.25) is 0 Å². The first-order valence-corrected chi connectivity index (χ1v) is 13.8. The number of fused-ring (bicyclic) bond motifs is 1. The van der Waals surface area contributed by atoms with Gasteiger partial charge in [-0.25, -0.2) is 8.42 Å². The molecule has 34 heavy (non-hydrogen) atoms. The van der Waals surface area contributed by atoms with Crippen LogP contribution in [0.4, 0.5) is 5.69 Å². The number of sulfonamides is 1. The first kappa shape index (κ1) is 24.9. The number of amides is 2. The SMILES string of the molecule is Cc1cc2c(cc1S(=O)(=O)N1CCC(C(=O)NCCCN3CCCC(C)C3)CC1)OCC(=O)N2. The van der Waals surface area contributed by atoms with Gasteiger partial charge in [-0.15, -0.1) is 0 Å². The molecule has 1 aromatic carbocycles. The molecule has 0 spiro atoms. The van der Waals surface area contributed by atoms with E-state index in [0.717, 1.165) is 32.0 Å². The van der Waals surface area contributed by atoms with Crippen LogP contribution in [0.25, 0.3) is 0 Å². The predicted octanol–water partition coefficient (Wildman–Crippen LogP) is 1.96. The van der Waals surface area contributed by atoms with Crippen molar-refractivity contribution < 1.29 is 22.7 Å². The second-order valence-corrected chi connectivity index (χ2v) is 11.7. The Labute approximate surface area is 202 Å². The first-order valence-electron chi connectivity index (χ1n) is 12.3. The quantitative estimate of drug-likeness (QED) is 0.564. The summed E-state index contributed by atoms with van der Waals surface area (Å²) in [6.07, 6.45) is 4.51. The van der Waals surface area contributed by atoms with E-state index in [4.69, 9.17) is 4.74 Å². The molecule has 3 aliphatic heterocycles. The molecule has 3 aliphatic rings.